The number of rotatable bonds is 11. The molecule has 0 unspecified atom stereocenters. The number of Topliss-reactive ketones (excluding diaryl/α,β-unsaturated/α-hetero) is 1. The topological polar surface area (TPSA) is 81.7 Å². The number of carbonyl (C=O) groups excluding carboxylic acids is 3. The number of ether oxygens (including phenoxy) is 2. The monoisotopic (exact) mass is 401 g/mol. The molecule has 0 atom stereocenters. The molecule has 0 aliphatic heterocycles. The molecule has 0 aliphatic rings. The second-order valence-electron chi connectivity index (χ2n) is 6.32. The summed E-state index contributed by atoms with van der Waals surface area (Å²) in [7, 11) is 0. The Hall–Kier alpha value is -3.22. The summed E-state index contributed by atoms with van der Waals surface area (Å²) in [5.74, 6) is -1.14. The van der Waals surface area contributed by atoms with Crippen LogP contribution in [0.2, 0.25) is 0 Å². The maximum Gasteiger partial charge on any atom is 0.306 e. The van der Waals surface area contributed by atoms with Crippen molar-refractivity contribution in [3.05, 3.63) is 65.5 Å². The Morgan fingerprint density at radius 1 is 1.00 bits per heavy atom. The highest BCUT2D eigenvalue weighted by molar-refractivity contribution is 5.97. The summed E-state index contributed by atoms with van der Waals surface area (Å²) >= 11 is 0. The number of nitrogens with one attached hydrogen (secondary N) is 1. The van der Waals surface area contributed by atoms with E-state index in [1.54, 1.807) is 42.5 Å². The first-order valence-electron chi connectivity index (χ1n) is 9.41. The van der Waals surface area contributed by atoms with Gasteiger partial charge in [-0.25, -0.2) is 4.39 Å². The fourth-order valence-corrected chi connectivity index (χ4v) is 2.42. The molecule has 0 radical (unpaired) electrons. The van der Waals surface area contributed by atoms with Crippen LogP contribution >= 0.6 is 0 Å². The van der Waals surface area contributed by atoms with Gasteiger partial charge in [0.2, 0.25) is 0 Å². The predicted octanol–water partition coefficient (Wildman–Crippen LogP) is 3.44. The molecule has 2 aromatic carbocycles. The number of ketones is 1. The molecule has 29 heavy (non-hydrogen) atoms. The third-order valence-electron chi connectivity index (χ3n) is 4.00. The zero-order valence-electron chi connectivity index (χ0n) is 16.3. The molecule has 7 heteroatoms. The maximum atomic E-state index is 13.5. The molecule has 0 aliphatic carbocycles. The summed E-state index contributed by atoms with van der Waals surface area (Å²) in [6.45, 7) is 2.13. The van der Waals surface area contributed by atoms with Crippen LogP contribution in [0.5, 0.6) is 5.75 Å². The van der Waals surface area contributed by atoms with Crippen molar-refractivity contribution < 1.29 is 28.2 Å². The molecule has 2 aromatic rings. The Morgan fingerprint density at radius 3 is 2.41 bits per heavy atom. The van der Waals surface area contributed by atoms with Gasteiger partial charge in [0.1, 0.15) is 11.6 Å². The number of amides is 1. The highest BCUT2D eigenvalue weighted by atomic mass is 19.1. The maximum absolute atomic E-state index is 13.5. The van der Waals surface area contributed by atoms with Crippen molar-refractivity contribution in [2.45, 2.75) is 32.7 Å². The predicted molar refractivity (Wildman–Crippen MR) is 105 cm³/mol. The van der Waals surface area contributed by atoms with Gasteiger partial charge in [0.05, 0.1) is 13.0 Å². The minimum atomic E-state index is -0.651. The number of halogens is 1. The Kier molecular flexibility index (Phi) is 8.82. The van der Waals surface area contributed by atoms with Gasteiger partial charge >= 0.3 is 5.97 Å². The number of hydrogen-bond acceptors (Lipinski definition) is 5. The van der Waals surface area contributed by atoms with Gasteiger partial charge in [0.25, 0.3) is 5.91 Å². The normalized spacial score (nSPS) is 10.3. The Morgan fingerprint density at radius 2 is 1.72 bits per heavy atom. The molecule has 154 valence electrons. The molecule has 1 N–H and O–H groups in total. The average molecular weight is 401 g/mol. The van der Waals surface area contributed by atoms with Crippen molar-refractivity contribution in [1.29, 1.82) is 0 Å². The summed E-state index contributed by atoms with van der Waals surface area (Å²) in [5, 5.41) is 2.47. The number of carbonyl (C=O) groups is 3. The first-order chi connectivity index (χ1) is 14.0. The van der Waals surface area contributed by atoms with E-state index in [0.717, 1.165) is 6.42 Å². The van der Waals surface area contributed by atoms with Crippen molar-refractivity contribution in [2.24, 2.45) is 0 Å². The highest BCUT2D eigenvalue weighted by Gasteiger charge is 2.12. The summed E-state index contributed by atoms with van der Waals surface area (Å²) in [5.41, 5.74) is 0.813. The van der Waals surface area contributed by atoms with Crippen LogP contribution in [-0.2, 0) is 20.9 Å². The molecular weight excluding hydrogens is 377 g/mol. The van der Waals surface area contributed by atoms with Crippen molar-refractivity contribution in [2.75, 3.05) is 13.2 Å². The van der Waals surface area contributed by atoms with E-state index in [2.05, 4.69) is 5.32 Å². The van der Waals surface area contributed by atoms with Crippen LogP contribution in [0.3, 0.4) is 0 Å². The zero-order valence-corrected chi connectivity index (χ0v) is 16.3. The van der Waals surface area contributed by atoms with E-state index < -0.39 is 24.3 Å². The fraction of sp³-hybridized carbons (Fsp3) is 0.318. The van der Waals surface area contributed by atoms with Gasteiger partial charge in [-0.3, -0.25) is 14.4 Å². The lowest BCUT2D eigenvalue weighted by Gasteiger charge is -2.08. The van der Waals surface area contributed by atoms with Crippen molar-refractivity contribution in [3.63, 3.8) is 0 Å². The average Bonchev–Trinajstić information content (AvgIpc) is 2.74. The van der Waals surface area contributed by atoms with Crippen LogP contribution in [0.1, 0.15) is 42.1 Å². The smallest absolute Gasteiger partial charge is 0.306 e. The molecule has 0 saturated carbocycles. The summed E-state index contributed by atoms with van der Waals surface area (Å²) < 4.78 is 23.8. The van der Waals surface area contributed by atoms with Gasteiger partial charge < -0.3 is 14.8 Å². The van der Waals surface area contributed by atoms with Gasteiger partial charge in [0.15, 0.2) is 12.4 Å². The van der Waals surface area contributed by atoms with Crippen LogP contribution in [0.4, 0.5) is 4.39 Å². The second kappa shape index (κ2) is 11.6. The Bertz CT molecular complexity index is 835. The van der Waals surface area contributed by atoms with Crippen LogP contribution in [-0.4, -0.2) is 30.9 Å². The third kappa shape index (κ3) is 7.73. The molecule has 0 heterocycles. The lowest BCUT2D eigenvalue weighted by atomic mass is 10.1. The van der Waals surface area contributed by atoms with Gasteiger partial charge in [-0.2, -0.15) is 0 Å². The van der Waals surface area contributed by atoms with E-state index in [1.807, 2.05) is 6.92 Å². The number of esters is 1. The van der Waals surface area contributed by atoms with E-state index in [-0.39, 0.29) is 25.2 Å². The van der Waals surface area contributed by atoms with E-state index in [4.69, 9.17) is 9.47 Å². The fourth-order valence-electron chi connectivity index (χ4n) is 2.42. The largest absolute Gasteiger partial charge is 0.494 e. The van der Waals surface area contributed by atoms with E-state index >= 15 is 0 Å². The zero-order chi connectivity index (χ0) is 21.1. The first-order valence-corrected chi connectivity index (χ1v) is 9.41. The van der Waals surface area contributed by atoms with E-state index in [0.29, 0.717) is 23.5 Å². The molecule has 0 bridgehead atoms. The van der Waals surface area contributed by atoms with Gasteiger partial charge in [-0.15, -0.1) is 0 Å². The minimum absolute atomic E-state index is 0.000487. The third-order valence-corrected chi connectivity index (χ3v) is 4.00. The molecule has 0 saturated heterocycles. The molecule has 0 aromatic heterocycles. The van der Waals surface area contributed by atoms with Crippen LogP contribution < -0.4 is 10.1 Å². The molecule has 0 fully saturated rings. The van der Waals surface area contributed by atoms with E-state index in [1.165, 1.54) is 6.07 Å². The lowest BCUT2D eigenvalue weighted by molar-refractivity contribution is -0.148. The van der Waals surface area contributed by atoms with Gasteiger partial charge in [0, 0.05) is 24.1 Å². The van der Waals surface area contributed by atoms with Crippen LogP contribution in [0, 0.1) is 5.82 Å². The van der Waals surface area contributed by atoms with Gasteiger partial charge in [-0.1, -0.05) is 25.1 Å². The molecule has 2 rings (SSSR count). The van der Waals surface area contributed by atoms with Crippen LogP contribution in [0.15, 0.2) is 48.5 Å². The molecule has 1 amide bonds. The van der Waals surface area contributed by atoms with E-state index in [9.17, 15) is 18.8 Å². The van der Waals surface area contributed by atoms with Crippen molar-refractivity contribution in [3.8, 4) is 5.75 Å². The first kappa shape index (κ1) is 22.1. The highest BCUT2D eigenvalue weighted by Crippen LogP contribution is 2.14. The molecular formula is C22H24FNO5. The second-order valence-corrected chi connectivity index (χ2v) is 6.32. The summed E-state index contributed by atoms with van der Waals surface area (Å²) in [6, 6.07) is 12.8. The van der Waals surface area contributed by atoms with Crippen molar-refractivity contribution >= 4 is 17.7 Å². The SMILES string of the molecule is CCCOc1ccc(C(=O)CCC(=O)OCC(=O)NCc2ccccc2F)cc1. The Balaban J connectivity index is 1.67. The minimum Gasteiger partial charge on any atom is -0.494 e. The summed E-state index contributed by atoms with van der Waals surface area (Å²) in [4.78, 5) is 35.6. The van der Waals surface area contributed by atoms with Gasteiger partial charge in [-0.05, 0) is 36.8 Å². The summed E-state index contributed by atoms with van der Waals surface area (Å²) in [6.07, 6.45) is 0.738. The Labute approximate surface area is 169 Å². The number of benzene rings is 2. The van der Waals surface area contributed by atoms with Crippen LogP contribution in [0.25, 0.3) is 0 Å². The lowest BCUT2D eigenvalue weighted by Crippen LogP contribution is -2.28. The molecule has 6 nitrogen and oxygen atoms in total. The standard InChI is InChI=1S/C22H24FNO5/c1-2-13-28-18-9-7-16(8-10-18)20(25)11-12-22(27)29-15-21(26)24-14-17-5-3-4-6-19(17)23/h3-10H,2,11-15H2,1H3,(H,24,26). The quantitative estimate of drug-likeness (QED) is 0.461. The van der Waals surface area contributed by atoms with Crippen molar-refractivity contribution in [1.82, 2.24) is 5.32 Å². The number of hydrogen-bond donors (Lipinski definition) is 1. The molecule has 0 spiro atoms.